The Labute approximate surface area is 152 Å². The molecule has 0 aromatic heterocycles. The van der Waals surface area contributed by atoms with E-state index >= 15 is 0 Å². The van der Waals surface area contributed by atoms with E-state index in [1.807, 2.05) is 0 Å². The van der Waals surface area contributed by atoms with Crippen molar-refractivity contribution in [3.8, 4) is 5.75 Å². The van der Waals surface area contributed by atoms with Gasteiger partial charge < -0.3 is 4.74 Å². The lowest BCUT2D eigenvalue weighted by Crippen LogP contribution is -2.37. The number of rotatable bonds is 1. The van der Waals surface area contributed by atoms with E-state index in [2.05, 4.69) is 40.7 Å². The largest absolute Gasteiger partial charge is 0.485 e. The smallest absolute Gasteiger partial charge is 0.204 e. The number of benzene rings is 1. The molecule has 0 amide bonds. The van der Waals surface area contributed by atoms with Crippen molar-refractivity contribution in [2.24, 2.45) is 22.7 Å². The highest BCUT2D eigenvalue weighted by atomic mass is 16.5. The second kappa shape index (κ2) is 5.59. The Bertz CT molecular complexity index is 730. The van der Waals surface area contributed by atoms with Crippen LogP contribution in [0.25, 0.3) is 0 Å². The lowest BCUT2D eigenvalue weighted by atomic mass is 9.60. The Morgan fingerprint density at radius 3 is 2.76 bits per heavy atom. The van der Waals surface area contributed by atoms with Gasteiger partial charge in [0.2, 0.25) is 5.78 Å². The Morgan fingerprint density at radius 2 is 2.04 bits per heavy atom. The Kier molecular flexibility index (Phi) is 3.83. The molecule has 4 rings (SSSR count). The van der Waals surface area contributed by atoms with Gasteiger partial charge in [0.15, 0.2) is 6.61 Å². The Hall–Kier alpha value is -1.31. The first-order chi connectivity index (χ1) is 11.7. The van der Waals surface area contributed by atoms with Crippen LogP contribution in [0.1, 0.15) is 80.9 Å². The molecular weight excluding hydrogens is 308 g/mol. The predicted octanol–water partition coefficient (Wildman–Crippen LogP) is 5.39. The summed E-state index contributed by atoms with van der Waals surface area (Å²) in [7, 11) is 0. The van der Waals surface area contributed by atoms with Crippen LogP contribution in [0.3, 0.4) is 0 Å². The zero-order chi connectivity index (χ0) is 18.0. The molecule has 1 aromatic rings. The molecule has 3 aliphatic rings. The number of carbonyl (C=O) groups excluding carboxylic acids is 1. The van der Waals surface area contributed by atoms with Gasteiger partial charge in [0.1, 0.15) is 5.75 Å². The second-order valence-corrected chi connectivity index (χ2v) is 9.80. The van der Waals surface area contributed by atoms with E-state index in [9.17, 15) is 4.79 Å². The molecule has 136 valence electrons. The summed E-state index contributed by atoms with van der Waals surface area (Å²) in [5, 5.41) is 0. The molecule has 3 atom stereocenters. The Balaban J connectivity index is 1.81. The average Bonchev–Trinajstić information content (AvgIpc) is 2.88. The van der Waals surface area contributed by atoms with E-state index in [0.717, 1.165) is 42.4 Å². The molecule has 1 fully saturated rings. The number of fused-ring (bicyclic) bond motifs is 3. The summed E-state index contributed by atoms with van der Waals surface area (Å²) in [5.41, 5.74) is 5.90. The van der Waals surface area contributed by atoms with Crippen molar-refractivity contribution in [3.05, 3.63) is 28.3 Å². The normalized spacial score (nSPS) is 33.1. The standard InChI is InChI=1S/C23H32O2/c1-6-17-18-10-16-12-22(3,4)14(2)7-8-23(16,5)11-15(18)9-20-21(17)19(24)13-25-20/h9,14,16H,6-8,10-13H2,1-5H3. The van der Waals surface area contributed by atoms with Crippen molar-refractivity contribution in [2.45, 2.75) is 73.1 Å². The predicted molar refractivity (Wildman–Crippen MR) is 101 cm³/mol. The zero-order valence-corrected chi connectivity index (χ0v) is 16.5. The fourth-order valence-electron chi connectivity index (χ4n) is 5.70. The fourth-order valence-corrected chi connectivity index (χ4v) is 5.70. The highest BCUT2D eigenvalue weighted by molar-refractivity contribution is 6.04. The number of ketones is 1. The first-order valence-electron chi connectivity index (χ1n) is 10.1. The van der Waals surface area contributed by atoms with E-state index in [1.165, 1.54) is 36.0 Å². The van der Waals surface area contributed by atoms with E-state index in [4.69, 9.17) is 4.74 Å². The van der Waals surface area contributed by atoms with E-state index in [0.29, 0.717) is 10.8 Å². The number of carbonyl (C=O) groups is 1. The molecule has 2 aliphatic carbocycles. The lowest BCUT2D eigenvalue weighted by molar-refractivity contribution is 0.0960. The average molecular weight is 341 g/mol. The summed E-state index contributed by atoms with van der Waals surface area (Å²) < 4.78 is 5.71. The minimum atomic E-state index is 0.179. The molecule has 0 radical (unpaired) electrons. The highest BCUT2D eigenvalue weighted by Crippen LogP contribution is 2.55. The molecule has 2 nitrogen and oxygen atoms in total. The van der Waals surface area contributed by atoms with Gasteiger partial charge in [0, 0.05) is 0 Å². The van der Waals surface area contributed by atoms with E-state index in [-0.39, 0.29) is 12.4 Å². The van der Waals surface area contributed by atoms with Crippen LogP contribution < -0.4 is 4.74 Å². The van der Waals surface area contributed by atoms with Gasteiger partial charge in [-0.05, 0) is 83.9 Å². The summed E-state index contributed by atoms with van der Waals surface area (Å²) in [6.45, 7) is 12.3. The maximum Gasteiger partial charge on any atom is 0.204 e. The molecule has 1 heterocycles. The van der Waals surface area contributed by atoms with Gasteiger partial charge in [0.05, 0.1) is 5.56 Å². The summed E-state index contributed by atoms with van der Waals surface area (Å²) in [6, 6.07) is 2.20. The van der Waals surface area contributed by atoms with Crippen molar-refractivity contribution >= 4 is 5.78 Å². The molecule has 2 heteroatoms. The molecule has 1 saturated carbocycles. The van der Waals surface area contributed by atoms with Crippen LogP contribution in [0.5, 0.6) is 5.75 Å². The molecule has 1 aromatic carbocycles. The van der Waals surface area contributed by atoms with Crippen LogP contribution in [0.2, 0.25) is 0 Å². The van der Waals surface area contributed by atoms with Crippen molar-refractivity contribution in [3.63, 3.8) is 0 Å². The van der Waals surface area contributed by atoms with Crippen LogP contribution in [0.15, 0.2) is 6.07 Å². The number of hydrogen-bond donors (Lipinski definition) is 0. The van der Waals surface area contributed by atoms with Gasteiger partial charge in [-0.25, -0.2) is 0 Å². The Morgan fingerprint density at radius 1 is 1.28 bits per heavy atom. The molecule has 0 saturated heterocycles. The van der Waals surface area contributed by atoms with Gasteiger partial charge in [-0.1, -0.05) is 34.6 Å². The maximum absolute atomic E-state index is 12.4. The summed E-state index contributed by atoms with van der Waals surface area (Å²) in [6.07, 6.45) is 7.17. The molecule has 0 spiro atoms. The molecule has 0 N–H and O–H groups in total. The van der Waals surface area contributed by atoms with Crippen molar-refractivity contribution in [1.82, 2.24) is 0 Å². The quantitative estimate of drug-likeness (QED) is 0.685. The van der Waals surface area contributed by atoms with Crippen LogP contribution in [-0.2, 0) is 19.3 Å². The van der Waals surface area contributed by atoms with E-state index < -0.39 is 0 Å². The zero-order valence-electron chi connectivity index (χ0n) is 16.5. The second-order valence-electron chi connectivity index (χ2n) is 9.80. The van der Waals surface area contributed by atoms with Crippen LogP contribution in [0.4, 0.5) is 0 Å². The number of hydrogen-bond acceptors (Lipinski definition) is 2. The third-order valence-corrected chi connectivity index (χ3v) is 7.88. The summed E-state index contributed by atoms with van der Waals surface area (Å²) >= 11 is 0. The van der Waals surface area contributed by atoms with Crippen molar-refractivity contribution in [1.29, 1.82) is 0 Å². The molecule has 3 unspecified atom stereocenters. The maximum atomic E-state index is 12.4. The topological polar surface area (TPSA) is 26.3 Å². The molecular formula is C23H32O2. The number of Topliss-reactive ketones (excluding diaryl/α,β-unsaturated/α-hetero) is 1. The van der Waals surface area contributed by atoms with Gasteiger partial charge in [0.25, 0.3) is 0 Å². The minimum Gasteiger partial charge on any atom is -0.485 e. The van der Waals surface area contributed by atoms with Gasteiger partial charge in [-0.3, -0.25) is 4.79 Å². The van der Waals surface area contributed by atoms with Crippen LogP contribution in [0, 0.1) is 22.7 Å². The summed E-state index contributed by atoms with van der Waals surface area (Å²) in [4.78, 5) is 12.4. The van der Waals surface area contributed by atoms with Crippen LogP contribution in [-0.4, -0.2) is 12.4 Å². The monoisotopic (exact) mass is 340 g/mol. The summed E-state index contributed by atoms with van der Waals surface area (Å²) in [5.74, 6) is 2.53. The minimum absolute atomic E-state index is 0.179. The fraction of sp³-hybridized carbons (Fsp3) is 0.696. The SMILES string of the molecule is CCc1c2c(cc3c1C(=O)CO3)CC1(C)CCC(C)C(C)(C)CC1C2. The first-order valence-corrected chi connectivity index (χ1v) is 10.1. The third-order valence-electron chi connectivity index (χ3n) is 7.88. The number of ether oxygens (including phenoxy) is 1. The van der Waals surface area contributed by atoms with Crippen LogP contribution >= 0.6 is 0 Å². The van der Waals surface area contributed by atoms with Crippen molar-refractivity contribution < 1.29 is 9.53 Å². The van der Waals surface area contributed by atoms with Gasteiger partial charge >= 0.3 is 0 Å². The lowest BCUT2D eigenvalue weighted by Gasteiger charge is -2.44. The molecule has 0 bridgehead atoms. The molecule has 1 aliphatic heterocycles. The van der Waals surface area contributed by atoms with Crippen molar-refractivity contribution in [2.75, 3.05) is 6.61 Å². The van der Waals surface area contributed by atoms with Gasteiger partial charge in [-0.2, -0.15) is 0 Å². The first kappa shape index (κ1) is 17.1. The highest BCUT2D eigenvalue weighted by Gasteiger charge is 2.46. The van der Waals surface area contributed by atoms with E-state index in [1.54, 1.807) is 0 Å². The third kappa shape index (κ3) is 2.55. The van der Waals surface area contributed by atoms with Gasteiger partial charge in [-0.15, -0.1) is 0 Å². The molecule has 25 heavy (non-hydrogen) atoms.